The summed E-state index contributed by atoms with van der Waals surface area (Å²) in [7, 11) is 1.49. The fraction of sp³-hybridized carbons (Fsp3) is 0.143. The van der Waals surface area contributed by atoms with Crippen LogP contribution < -0.4 is 10.9 Å². The number of amides is 1. The summed E-state index contributed by atoms with van der Waals surface area (Å²) in [4.78, 5) is 50.9. The summed E-state index contributed by atoms with van der Waals surface area (Å²) >= 11 is 5.90. The predicted octanol–water partition coefficient (Wildman–Crippen LogP) is 5.13. The Hall–Kier alpha value is -4.43. The lowest BCUT2D eigenvalue weighted by Gasteiger charge is -2.20. The molecule has 0 fully saturated rings. The van der Waals surface area contributed by atoms with Crippen LogP contribution >= 0.6 is 11.6 Å². The van der Waals surface area contributed by atoms with Crippen LogP contribution in [-0.2, 0) is 16.6 Å². The Balaban J connectivity index is 1.71. The predicted molar refractivity (Wildman–Crippen MR) is 141 cm³/mol. The third-order valence-electron chi connectivity index (χ3n) is 5.94. The first-order valence-electron chi connectivity index (χ1n) is 11.4. The van der Waals surface area contributed by atoms with Crippen LogP contribution in [0.3, 0.4) is 0 Å². The maximum Gasteiger partial charge on any atom is 0.356 e. The number of carbonyl (C=O) groups excluding carboxylic acids is 2. The van der Waals surface area contributed by atoms with E-state index in [9.17, 15) is 24.3 Å². The van der Waals surface area contributed by atoms with Crippen molar-refractivity contribution in [2.45, 2.75) is 19.4 Å². The number of anilines is 1. The van der Waals surface area contributed by atoms with Gasteiger partial charge in [-0.2, -0.15) is 0 Å². The summed E-state index contributed by atoms with van der Waals surface area (Å²) in [6.07, 6.45) is -1.07. The molecule has 1 amide bonds. The Kier molecular flexibility index (Phi) is 7.40. The number of ether oxygens (including phenoxy) is 1. The number of halogens is 1. The number of carboxylic acids is 1. The monoisotopic (exact) mass is 518 g/mol. The number of esters is 1. The molecule has 0 aliphatic rings. The Morgan fingerprint density at radius 1 is 1.00 bits per heavy atom. The molecule has 8 nitrogen and oxygen atoms in total. The van der Waals surface area contributed by atoms with E-state index in [0.29, 0.717) is 21.9 Å². The van der Waals surface area contributed by atoms with Crippen LogP contribution in [0.15, 0.2) is 77.6 Å². The summed E-state index contributed by atoms with van der Waals surface area (Å²) in [5, 5.41) is 12.9. The van der Waals surface area contributed by atoms with Gasteiger partial charge in [-0.3, -0.25) is 9.59 Å². The van der Waals surface area contributed by atoms with Gasteiger partial charge in [-0.25, -0.2) is 9.59 Å². The molecule has 1 unspecified atom stereocenters. The van der Waals surface area contributed by atoms with Gasteiger partial charge in [-0.1, -0.05) is 67.1 Å². The van der Waals surface area contributed by atoms with Gasteiger partial charge in [0.15, 0.2) is 6.10 Å². The van der Waals surface area contributed by atoms with Crippen LogP contribution in [-0.4, -0.2) is 33.6 Å². The number of aromatic nitrogens is 1. The van der Waals surface area contributed by atoms with E-state index in [2.05, 4.69) is 5.32 Å². The van der Waals surface area contributed by atoms with E-state index in [1.165, 1.54) is 29.8 Å². The molecule has 1 heterocycles. The summed E-state index contributed by atoms with van der Waals surface area (Å²) in [5.41, 5.74) is 0.874. The van der Waals surface area contributed by atoms with Crippen molar-refractivity contribution in [1.29, 1.82) is 0 Å². The third kappa shape index (κ3) is 5.10. The van der Waals surface area contributed by atoms with Gasteiger partial charge in [-0.15, -0.1) is 0 Å². The van der Waals surface area contributed by atoms with Crippen molar-refractivity contribution >= 4 is 45.9 Å². The zero-order valence-corrected chi connectivity index (χ0v) is 20.8. The first-order valence-corrected chi connectivity index (χ1v) is 11.8. The molecule has 0 aliphatic heterocycles. The summed E-state index contributed by atoms with van der Waals surface area (Å²) < 4.78 is 6.85. The molecule has 4 rings (SSSR count). The molecule has 0 saturated carbocycles. The van der Waals surface area contributed by atoms with Crippen LogP contribution in [0.5, 0.6) is 0 Å². The molecule has 188 valence electrons. The normalized spacial score (nSPS) is 11.6. The van der Waals surface area contributed by atoms with E-state index in [1.54, 1.807) is 31.2 Å². The standard InChI is InChI=1S/C28H23ClN2O6/c1-3-22(25(32)30-17-13-14-21(29)20(15-17)27(34)35)37-28(36)24-23(16-9-5-4-6-10-16)18-11-7-8-12-19(18)26(33)31(24)2/h4-15,22H,3H2,1-2H3,(H,30,32)(H,34,35). The highest BCUT2D eigenvalue weighted by atomic mass is 35.5. The molecule has 0 bridgehead atoms. The molecular weight excluding hydrogens is 496 g/mol. The Bertz CT molecular complexity index is 1580. The van der Waals surface area contributed by atoms with Crippen molar-refractivity contribution in [2.24, 2.45) is 7.05 Å². The van der Waals surface area contributed by atoms with Gasteiger partial charge >= 0.3 is 11.9 Å². The molecule has 0 saturated heterocycles. The first kappa shape index (κ1) is 25.7. The second-order valence-corrected chi connectivity index (χ2v) is 8.70. The molecule has 1 atom stereocenters. The molecule has 3 aromatic carbocycles. The average Bonchev–Trinajstić information content (AvgIpc) is 2.90. The topological polar surface area (TPSA) is 115 Å². The van der Waals surface area contributed by atoms with E-state index in [1.807, 2.05) is 30.3 Å². The number of aromatic carboxylic acids is 1. The molecule has 4 aromatic rings. The van der Waals surface area contributed by atoms with Crippen LogP contribution in [0.25, 0.3) is 21.9 Å². The minimum Gasteiger partial charge on any atom is -0.478 e. The number of hydrogen-bond acceptors (Lipinski definition) is 5. The van der Waals surface area contributed by atoms with Crippen molar-refractivity contribution in [3.63, 3.8) is 0 Å². The molecule has 0 spiro atoms. The van der Waals surface area contributed by atoms with E-state index in [-0.39, 0.29) is 33.9 Å². The molecule has 0 radical (unpaired) electrons. The van der Waals surface area contributed by atoms with Gasteiger partial charge in [0, 0.05) is 23.7 Å². The number of benzene rings is 3. The van der Waals surface area contributed by atoms with Gasteiger partial charge in [0.1, 0.15) is 5.69 Å². The highest BCUT2D eigenvalue weighted by Gasteiger charge is 2.28. The molecule has 2 N–H and O–H groups in total. The van der Waals surface area contributed by atoms with E-state index < -0.39 is 23.9 Å². The van der Waals surface area contributed by atoms with Crippen LogP contribution in [0.2, 0.25) is 5.02 Å². The molecule has 1 aromatic heterocycles. The van der Waals surface area contributed by atoms with Crippen molar-refractivity contribution in [3.8, 4) is 11.1 Å². The third-order valence-corrected chi connectivity index (χ3v) is 6.27. The number of hydrogen-bond donors (Lipinski definition) is 2. The Morgan fingerprint density at radius 3 is 2.30 bits per heavy atom. The average molecular weight is 519 g/mol. The number of nitrogens with one attached hydrogen (secondary N) is 1. The fourth-order valence-corrected chi connectivity index (χ4v) is 4.30. The second kappa shape index (κ2) is 10.7. The first-order chi connectivity index (χ1) is 17.7. The van der Waals surface area contributed by atoms with E-state index >= 15 is 0 Å². The quantitative estimate of drug-likeness (QED) is 0.328. The van der Waals surface area contributed by atoms with Crippen LogP contribution in [0.4, 0.5) is 5.69 Å². The van der Waals surface area contributed by atoms with E-state index in [4.69, 9.17) is 16.3 Å². The number of pyridine rings is 1. The van der Waals surface area contributed by atoms with Crippen molar-refractivity contribution in [3.05, 3.63) is 99.4 Å². The lowest BCUT2D eigenvalue weighted by atomic mass is 9.97. The molecule has 9 heteroatoms. The van der Waals surface area contributed by atoms with Crippen molar-refractivity contribution in [1.82, 2.24) is 4.57 Å². The lowest BCUT2D eigenvalue weighted by Crippen LogP contribution is -2.34. The molecule has 37 heavy (non-hydrogen) atoms. The summed E-state index contributed by atoms with van der Waals surface area (Å²) in [6.45, 7) is 1.67. The SMILES string of the molecule is CCC(OC(=O)c1c(-c2ccccc2)c2ccccc2c(=O)n1C)C(=O)Nc1ccc(Cl)c(C(=O)O)c1. The summed E-state index contributed by atoms with van der Waals surface area (Å²) in [6, 6.07) is 20.2. The zero-order valence-electron chi connectivity index (χ0n) is 20.0. The Morgan fingerprint density at radius 2 is 1.65 bits per heavy atom. The lowest BCUT2D eigenvalue weighted by molar-refractivity contribution is -0.124. The second-order valence-electron chi connectivity index (χ2n) is 8.29. The van der Waals surface area contributed by atoms with Gasteiger partial charge in [0.05, 0.1) is 10.6 Å². The molecule has 0 aliphatic carbocycles. The number of carboxylic acid groups (broad SMARTS) is 1. The Labute approximate surface area is 217 Å². The maximum atomic E-state index is 13.5. The number of rotatable bonds is 7. The minimum absolute atomic E-state index is 0.0146. The zero-order chi connectivity index (χ0) is 26.7. The molecular formula is C28H23ClN2O6. The maximum absolute atomic E-state index is 13.5. The van der Waals surface area contributed by atoms with E-state index in [0.717, 1.165) is 0 Å². The largest absolute Gasteiger partial charge is 0.478 e. The van der Waals surface area contributed by atoms with Gasteiger partial charge in [0.2, 0.25) is 0 Å². The smallest absolute Gasteiger partial charge is 0.356 e. The van der Waals surface area contributed by atoms with Crippen molar-refractivity contribution in [2.75, 3.05) is 5.32 Å². The fourth-order valence-electron chi connectivity index (χ4n) is 4.10. The van der Waals surface area contributed by atoms with Crippen LogP contribution in [0, 0.1) is 0 Å². The number of nitrogens with zero attached hydrogens (tertiary/aromatic N) is 1. The highest BCUT2D eigenvalue weighted by Crippen LogP contribution is 2.31. The van der Waals surface area contributed by atoms with Gasteiger partial charge in [-0.05, 0) is 41.6 Å². The van der Waals surface area contributed by atoms with Gasteiger partial charge in [0.25, 0.3) is 11.5 Å². The number of fused-ring (bicyclic) bond motifs is 1. The van der Waals surface area contributed by atoms with Crippen LogP contribution in [0.1, 0.15) is 34.2 Å². The minimum atomic E-state index is -1.25. The summed E-state index contributed by atoms with van der Waals surface area (Å²) in [5.74, 6) is -2.74. The van der Waals surface area contributed by atoms with Gasteiger partial charge < -0.3 is 19.7 Å². The number of carbonyl (C=O) groups is 3. The van der Waals surface area contributed by atoms with Crippen molar-refractivity contribution < 1.29 is 24.2 Å². The highest BCUT2D eigenvalue weighted by molar-refractivity contribution is 6.33.